The fraction of sp³-hybridized carbons (Fsp3) is 0.348. The first kappa shape index (κ1) is 17.2. The number of nitrogens with zero attached hydrogens (tertiary/aromatic N) is 3. The second kappa shape index (κ2) is 6.59. The van der Waals surface area contributed by atoms with E-state index in [4.69, 9.17) is 0 Å². The highest BCUT2D eigenvalue weighted by Crippen LogP contribution is 2.44. The summed E-state index contributed by atoms with van der Waals surface area (Å²) >= 11 is 0. The summed E-state index contributed by atoms with van der Waals surface area (Å²) in [5.74, 6) is 0.0940. The average molecular weight is 372 g/mol. The van der Waals surface area contributed by atoms with Gasteiger partial charge in [0.1, 0.15) is 0 Å². The molecule has 1 unspecified atom stereocenters. The van der Waals surface area contributed by atoms with Crippen LogP contribution in [0.1, 0.15) is 46.6 Å². The zero-order valence-electron chi connectivity index (χ0n) is 16.1. The largest absolute Gasteiger partial charge is 0.338 e. The number of carbonyl (C=O) groups excluding carboxylic acids is 1. The second-order valence-corrected chi connectivity index (χ2v) is 8.07. The van der Waals surface area contributed by atoms with Crippen LogP contribution in [0.4, 0.5) is 0 Å². The minimum Gasteiger partial charge on any atom is -0.338 e. The van der Waals surface area contributed by atoms with Gasteiger partial charge >= 0.3 is 0 Å². The Labute approximate surface area is 164 Å². The first-order chi connectivity index (χ1) is 13.7. The lowest BCUT2D eigenvalue weighted by atomic mass is 9.77. The maximum absolute atomic E-state index is 13.7. The Hall–Kier alpha value is -2.95. The van der Waals surface area contributed by atoms with Gasteiger partial charge in [-0.3, -0.25) is 14.9 Å². The summed E-state index contributed by atoms with van der Waals surface area (Å²) in [6.07, 6.45) is 8.02. The number of likely N-dealkylation sites (tertiary alicyclic amines) is 1. The van der Waals surface area contributed by atoms with E-state index in [-0.39, 0.29) is 11.3 Å². The fourth-order valence-corrected chi connectivity index (χ4v) is 5.02. The number of hydrogen-bond donors (Lipinski definition) is 1. The number of nitrogens with one attached hydrogen (secondary N) is 1. The van der Waals surface area contributed by atoms with Crippen LogP contribution in [-0.2, 0) is 11.8 Å². The topological polar surface area (TPSA) is 61.9 Å². The van der Waals surface area contributed by atoms with E-state index in [9.17, 15) is 4.79 Å². The number of benzene rings is 1. The van der Waals surface area contributed by atoms with Crippen molar-refractivity contribution in [3.05, 3.63) is 71.3 Å². The van der Waals surface area contributed by atoms with Gasteiger partial charge in [-0.2, -0.15) is 5.10 Å². The van der Waals surface area contributed by atoms with Gasteiger partial charge in [-0.1, -0.05) is 30.3 Å². The first-order valence-electron chi connectivity index (χ1n) is 10.0. The van der Waals surface area contributed by atoms with Crippen molar-refractivity contribution in [2.45, 2.75) is 38.0 Å². The van der Waals surface area contributed by atoms with E-state index in [0.29, 0.717) is 0 Å². The van der Waals surface area contributed by atoms with Crippen molar-refractivity contribution in [3.8, 4) is 11.1 Å². The predicted molar refractivity (Wildman–Crippen MR) is 108 cm³/mol. The van der Waals surface area contributed by atoms with Crippen LogP contribution < -0.4 is 0 Å². The molecule has 1 N–H and O–H groups in total. The van der Waals surface area contributed by atoms with E-state index in [0.717, 1.165) is 61.2 Å². The third kappa shape index (κ3) is 2.65. The number of aromatic nitrogens is 3. The standard InChI is InChI=1S/C23H24N4O/c1-16-20(19(9-12-24-16)17-6-3-2-4-7-17)22(28)27-13-5-10-23(15-27)11-8-18-14-25-26-21(18)23/h2-4,6-7,9,12,14H,5,8,10-11,13,15H2,1H3,(H,25,26). The summed E-state index contributed by atoms with van der Waals surface area (Å²) in [5, 5.41) is 7.48. The highest BCUT2D eigenvalue weighted by atomic mass is 16.2. The maximum Gasteiger partial charge on any atom is 0.256 e. The molecule has 0 saturated carbocycles. The van der Waals surface area contributed by atoms with Gasteiger partial charge < -0.3 is 4.90 Å². The number of carbonyl (C=O) groups is 1. The molecule has 0 bridgehead atoms. The average Bonchev–Trinajstić information content (AvgIpc) is 3.33. The van der Waals surface area contributed by atoms with Crippen LogP contribution >= 0.6 is 0 Å². The zero-order chi connectivity index (χ0) is 19.1. The van der Waals surface area contributed by atoms with E-state index in [2.05, 4.69) is 27.3 Å². The van der Waals surface area contributed by atoms with Gasteiger partial charge in [0.2, 0.25) is 0 Å². The maximum atomic E-state index is 13.7. The van der Waals surface area contributed by atoms with Crippen LogP contribution in [0.2, 0.25) is 0 Å². The molecule has 2 aromatic heterocycles. The molecule has 0 radical (unpaired) electrons. The zero-order valence-corrected chi connectivity index (χ0v) is 16.1. The van der Waals surface area contributed by atoms with Gasteiger partial charge in [0.25, 0.3) is 5.91 Å². The third-order valence-corrected chi connectivity index (χ3v) is 6.42. The van der Waals surface area contributed by atoms with Crippen molar-refractivity contribution < 1.29 is 4.79 Å². The second-order valence-electron chi connectivity index (χ2n) is 8.07. The normalized spacial score (nSPS) is 21.1. The molecule has 1 atom stereocenters. The van der Waals surface area contributed by atoms with E-state index >= 15 is 0 Å². The molecule has 142 valence electrons. The highest BCUT2D eigenvalue weighted by Gasteiger charge is 2.44. The van der Waals surface area contributed by atoms with E-state index in [1.165, 1.54) is 11.3 Å². The molecule has 5 heteroatoms. The molecule has 5 rings (SSSR count). The Balaban J connectivity index is 1.51. The molecule has 1 aromatic carbocycles. The molecule has 1 saturated heterocycles. The molecular formula is C23H24N4O. The number of hydrogen-bond acceptors (Lipinski definition) is 3. The quantitative estimate of drug-likeness (QED) is 0.742. The summed E-state index contributed by atoms with van der Waals surface area (Å²) in [5.41, 5.74) is 6.13. The van der Waals surface area contributed by atoms with Gasteiger partial charge in [-0.05, 0) is 55.4 Å². The molecule has 1 amide bonds. The third-order valence-electron chi connectivity index (χ3n) is 6.42. The number of aryl methyl sites for hydroxylation is 2. The minimum absolute atomic E-state index is 0.0305. The number of fused-ring (bicyclic) bond motifs is 2. The molecule has 2 aliphatic rings. The highest BCUT2D eigenvalue weighted by molar-refractivity contribution is 6.02. The molecular weight excluding hydrogens is 348 g/mol. The number of H-pyrrole nitrogens is 1. The van der Waals surface area contributed by atoms with E-state index < -0.39 is 0 Å². The monoisotopic (exact) mass is 372 g/mol. The van der Waals surface area contributed by atoms with Crippen molar-refractivity contribution in [3.63, 3.8) is 0 Å². The summed E-state index contributed by atoms with van der Waals surface area (Å²) < 4.78 is 0. The molecule has 1 aliphatic carbocycles. The van der Waals surface area contributed by atoms with Gasteiger partial charge in [0.05, 0.1) is 17.5 Å². The Kier molecular flexibility index (Phi) is 4.04. The van der Waals surface area contributed by atoms with Crippen LogP contribution in [0.3, 0.4) is 0 Å². The van der Waals surface area contributed by atoms with Crippen LogP contribution in [0.25, 0.3) is 11.1 Å². The lowest BCUT2D eigenvalue weighted by Gasteiger charge is -2.40. The molecule has 1 spiro atoms. The Morgan fingerprint density at radius 3 is 2.89 bits per heavy atom. The number of rotatable bonds is 2. The molecule has 1 fully saturated rings. The molecule has 3 heterocycles. The van der Waals surface area contributed by atoms with Gasteiger partial charge in [-0.15, -0.1) is 0 Å². The van der Waals surface area contributed by atoms with Crippen molar-refractivity contribution in [2.75, 3.05) is 13.1 Å². The summed E-state index contributed by atoms with van der Waals surface area (Å²) in [6, 6.07) is 12.1. The number of piperidine rings is 1. The molecule has 3 aromatic rings. The van der Waals surface area contributed by atoms with Crippen LogP contribution in [0.15, 0.2) is 48.8 Å². The number of amides is 1. The molecule has 28 heavy (non-hydrogen) atoms. The molecule has 5 nitrogen and oxygen atoms in total. The van der Waals surface area contributed by atoms with E-state index in [1.54, 1.807) is 6.20 Å². The predicted octanol–water partition coefficient (Wildman–Crippen LogP) is 3.90. The summed E-state index contributed by atoms with van der Waals surface area (Å²) in [7, 11) is 0. The van der Waals surface area contributed by atoms with E-state index in [1.807, 2.05) is 42.3 Å². The molecule has 1 aliphatic heterocycles. The van der Waals surface area contributed by atoms with Crippen molar-refractivity contribution in [2.24, 2.45) is 0 Å². The van der Waals surface area contributed by atoms with Crippen LogP contribution in [-0.4, -0.2) is 39.1 Å². The smallest absolute Gasteiger partial charge is 0.256 e. The first-order valence-corrected chi connectivity index (χ1v) is 10.0. The van der Waals surface area contributed by atoms with Crippen LogP contribution in [0, 0.1) is 6.92 Å². The number of aromatic amines is 1. The van der Waals surface area contributed by atoms with Crippen molar-refractivity contribution in [1.82, 2.24) is 20.1 Å². The van der Waals surface area contributed by atoms with Crippen molar-refractivity contribution >= 4 is 5.91 Å². The summed E-state index contributed by atoms with van der Waals surface area (Å²) in [6.45, 7) is 3.48. The van der Waals surface area contributed by atoms with Gasteiger partial charge in [0, 0.05) is 30.4 Å². The van der Waals surface area contributed by atoms with Gasteiger partial charge in [-0.25, -0.2) is 0 Å². The minimum atomic E-state index is 0.0305. The fourth-order valence-electron chi connectivity index (χ4n) is 5.02. The Bertz CT molecular complexity index is 1030. The lowest BCUT2D eigenvalue weighted by Crippen LogP contribution is -2.48. The Morgan fingerprint density at radius 2 is 2.04 bits per heavy atom. The Morgan fingerprint density at radius 1 is 1.18 bits per heavy atom. The number of pyridine rings is 1. The lowest BCUT2D eigenvalue weighted by molar-refractivity contribution is 0.0632. The van der Waals surface area contributed by atoms with Crippen molar-refractivity contribution in [1.29, 1.82) is 0 Å². The summed E-state index contributed by atoms with van der Waals surface area (Å²) in [4.78, 5) is 20.1. The van der Waals surface area contributed by atoms with Gasteiger partial charge in [0.15, 0.2) is 0 Å². The SMILES string of the molecule is Cc1nccc(-c2ccccc2)c1C(=O)N1CCCC2(CCc3cn[nH]c32)C1. The van der Waals surface area contributed by atoms with Crippen LogP contribution in [0.5, 0.6) is 0 Å².